The summed E-state index contributed by atoms with van der Waals surface area (Å²) >= 11 is 5.84. The van der Waals surface area contributed by atoms with E-state index < -0.39 is 5.82 Å². The van der Waals surface area contributed by atoms with Gasteiger partial charge in [-0.25, -0.2) is 19.2 Å². The number of methoxy groups -OCH3 is 1. The van der Waals surface area contributed by atoms with Gasteiger partial charge in [0, 0.05) is 13.1 Å². The van der Waals surface area contributed by atoms with Crippen molar-refractivity contribution < 1.29 is 13.9 Å². The number of halogens is 2. The second kappa shape index (κ2) is 8.35. The second-order valence-corrected chi connectivity index (χ2v) is 6.77. The minimum absolute atomic E-state index is 0.106. The second-order valence-electron chi connectivity index (χ2n) is 6.36. The van der Waals surface area contributed by atoms with Gasteiger partial charge in [0.15, 0.2) is 5.82 Å². The number of urea groups is 1. The molecule has 0 bridgehead atoms. The summed E-state index contributed by atoms with van der Waals surface area (Å²) < 4.78 is 18.2. The molecule has 142 valence electrons. The van der Waals surface area contributed by atoms with Crippen LogP contribution in [0.2, 0.25) is 5.02 Å². The molecular formula is C19H20ClFN4O2. The number of aromatic nitrogens is 2. The average Bonchev–Trinajstić information content (AvgIpc) is 2.67. The first-order valence-corrected chi connectivity index (χ1v) is 8.91. The van der Waals surface area contributed by atoms with Crippen molar-refractivity contribution in [3.05, 3.63) is 52.6 Å². The van der Waals surface area contributed by atoms with Crippen LogP contribution in [-0.4, -0.2) is 41.1 Å². The van der Waals surface area contributed by atoms with Crippen molar-refractivity contribution in [1.29, 1.82) is 0 Å². The Morgan fingerprint density at radius 3 is 2.85 bits per heavy atom. The van der Waals surface area contributed by atoms with Crippen molar-refractivity contribution in [1.82, 2.24) is 14.9 Å². The molecule has 1 aliphatic rings. The lowest BCUT2D eigenvalue weighted by molar-refractivity contribution is 0.197. The van der Waals surface area contributed by atoms with E-state index in [0.29, 0.717) is 24.8 Å². The van der Waals surface area contributed by atoms with Crippen molar-refractivity contribution in [2.75, 3.05) is 25.5 Å². The molecule has 3 rings (SSSR count). The molecule has 1 aromatic carbocycles. The number of carbonyl (C=O) groups is 1. The van der Waals surface area contributed by atoms with Gasteiger partial charge < -0.3 is 9.64 Å². The summed E-state index contributed by atoms with van der Waals surface area (Å²) in [5.74, 6) is 0.501. The standard InChI is InChI=1S/C19H20ClFN4O2/c1-12-11-25(19(26)24-17-9-23-18(27-2)10-22-17)6-5-14(12)7-13-3-4-16(21)15(20)8-13/h3-4,7-10,12H,5-6,11H2,1-2H3,(H,22,24,26). The SMILES string of the molecule is COc1cnc(NC(=O)N2CCC(=Cc3ccc(F)c(Cl)c3)C(C)C2)cn1. The van der Waals surface area contributed by atoms with Crippen LogP contribution in [0.5, 0.6) is 5.88 Å². The molecule has 8 heteroatoms. The Labute approximate surface area is 162 Å². The van der Waals surface area contributed by atoms with Gasteiger partial charge in [-0.1, -0.05) is 36.2 Å². The predicted molar refractivity (Wildman–Crippen MR) is 102 cm³/mol. The summed E-state index contributed by atoms with van der Waals surface area (Å²) in [4.78, 5) is 22.3. The van der Waals surface area contributed by atoms with E-state index in [1.807, 2.05) is 6.08 Å². The number of piperidine rings is 1. The molecule has 1 unspecified atom stereocenters. The van der Waals surface area contributed by atoms with Crippen LogP contribution < -0.4 is 10.1 Å². The quantitative estimate of drug-likeness (QED) is 0.851. The number of nitrogens with zero attached hydrogens (tertiary/aromatic N) is 3. The van der Waals surface area contributed by atoms with Crippen molar-refractivity contribution in [2.45, 2.75) is 13.3 Å². The molecule has 0 aliphatic carbocycles. The van der Waals surface area contributed by atoms with E-state index in [9.17, 15) is 9.18 Å². The van der Waals surface area contributed by atoms with E-state index in [2.05, 4.69) is 22.2 Å². The summed E-state index contributed by atoms with van der Waals surface area (Å²) in [5.41, 5.74) is 2.06. The first-order valence-electron chi connectivity index (χ1n) is 8.53. The number of hydrogen-bond acceptors (Lipinski definition) is 4. The molecule has 2 heterocycles. The molecule has 27 heavy (non-hydrogen) atoms. The van der Waals surface area contributed by atoms with Crippen LogP contribution in [0.3, 0.4) is 0 Å². The summed E-state index contributed by atoms with van der Waals surface area (Å²) in [7, 11) is 1.50. The van der Waals surface area contributed by atoms with Crippen LogP contribution in [0.25, 0.3) is 6.08 Å². The van der Waals surface area contributed by atoms with Crippen LogP contribution in [0, 0.1) is 11.7 Å². The number of nitrogens with one attached hydrogen (secondary N) is 1. The Balaban J connectivity index is 1.62. The molecule has 1 atom stereocenters. The lowest BCUT2D eigenvalue weighted by Gasteiger charge is -2.33. The Bertz CT molecular complexity index is 857. The van der Waals surface area contributed by atoms with E-state index in [0.717, 1.165) is 12.0 Å². The number of rotatable bonds is 3. The molecule has 0 spiro atoms. The van der Waals surface area contributed by atoms with E-state index in [4.69, 9.17) is 16.3 Å². The Hall–Kier alpha value is -2.67. The number of benzene rings is 1. The predicted octanol–water partition coefficient (Wildman–Crippen LogP) is 4.24. The number of amides is 2. The first kappa shape index (κ1) is 19.1. The topological polar surface area (TPSA) is 67.3 Å². The Kier molecular flexibility index (Phi) is 5.91. The maximum Gasteiger partial charge on any atom is 0.323 e. The summed E-state index contributed by atoms with van der Waals surface area (Å²) in [6.45, 7) is 3.22. The lowest BCUT2D eigenvalue weighted by Crippen LogP contribution is -2.42. The van der Waals surface area contributed by atoms with E-state index in [1.165, 1.54) is 31.1 Å². The van der Waals surface area contributed by atoms with Gasteiger partial charge in [-0.05, 0) is 30.0 Å². The molecule has 1 aliphatic heterocycles. The van der Waals surface area contributed by atoms with Crippen molar-refractivity contribution >= 4 is 29.5 Å². The number of likely N-dealkylation sites (tertiary alicyclic amines) is 1. The highest BCUT2D eigenvalue weighted by Gasteiger charge is 2.24. The fraction of sp³-hybridized carbons (Fsp3) is 0.316. The van der Waals surface area contributed by atoms with Gasteiger partial charge in [0.25, 0.3) is 0 Å². The largest absolute Gasteiger partial charge is 0.480 e. The van der Waals surface area contributed by atoms with Crippen LogP contribution >= 0.6 is 11.6 Å². The first-order chi connectivity index (χ1) is 13.0. The van der Waals surface area contributed by atoms with Crippen LogP contribution in [0.1, 0.15) is 18.9 Å². The monoisotopic (exact) mass is 390 g/mol. The van der Waals surface area contributed by atoms with Gasteiger partial charge in [-0.3, -0.25) is 5.32 Å². The highest BCUT2D eigenvalue weighted by atomic mass is 35.5. The van der Waals surface area contributed by atoms with Gasteiger partial charge in [0.1, 0.15) is 5.82 Å². The molecular weight excluding hydrogens is 371 g/mol. The molecule has 2 amide bonds. The van der Waals surface area contributed by atoms with Gasteiger partial charge in [-0.15, -0.1) is 0 Å². The highest BCUT2D eigenvalue weighted by Crippen LogP contribution is 2.26. The minimum Gasteiger partial charge on any atom is -0.480 e. The van der Waals surface area contributed by atoms with E-state index in [-0.39, 0.29) is 17.0 Å². The number of hydrogen-bond donors (Lipinski definition) is 1. The number of anilines is 1. The van der Waals surface area contributed by atoms with Crippen molar-refractivity contribution in [3.8, 4) is 5.88 Å². The average molecular weight is 391 g/mol. The zero-order chi connectivity index (χ0) is 19.4. The van der Waals surface area contributed by atoms with Crippen molar-refractivity contribution in [3.63, 3.8) is 0 Å². The number of carbonyl (C=O) groups excluding carboxylic acids is 1. The Morgan fingerprint density at radius 2 is 2.22 bits per heavy atom. The lowest BCUT2D eigenvalue weighted by atomic mass is 9.91. The molecule has 1 fully saturated rings. The molecule has 6 nitrogen and oxygen atoms in total. The number of ether oxygens (including phenoxy) is 1. The smallest absolute Gasteiger partial charge is 0.323 e. The molecule has 2 aromatic rings. The maximum absolute atomic E-state index is 13.3. The fourth-order valence-electron chi connectivity index (χ4n) is 2.94. The third kappa shape index (κ3) is 4.74. The molecule has 0 radical (unpaired) electrons. The summed E-state index contributed by atoms with van der Waals surface area (Å²) in [5, 5.41) is 2.85. The molecule has 1 aromatic heterocycles. The molecule has 0 saturated carbocycles. The normalized spacial score (nSPS) is 18.4. The van der Waals surface area contributed by atoms with Crippen LogP contribution in [0.4, 0.5) is 15.0 Å². The third-order valence-electron chi connectivity index (χ3n) is 4.45. The Morgan fingerprint density at radius 1 is 1.41 bits per heavy atom. The van der Waals surface area contributed by atoms with Crippen LogP contribution in [0.15, 0.2) is 36.2 Å². The maximum atomic E-state index is 13.3. The van der Waals surface area contributed by atoms with E-state index >= 15 is 0 Å². The minimum atomic E-state index is -0.431. The van der Waals surface area contributed by atoms with E-state index in [1.54, 1.807) is 17.0 Å². The van der Waals surface area contributed by atoms with Gasteiger partial charge >= 0.3 is 6.03 Å². The zero-order valence-corrected chi connectivity index (χ0v) is 15.8. The highest BCUT2D eigenvalue weighted by molar-refractivity contribution is 6.30. The fourth-order valence-corrected chi connectivity index (χ4v) is 3.13. The van der Waals surface area contributed by atoms with Gasteiger partial charge in [0.05, 0.1) is 24.5 Å². The zero-order valence-electron chi connectivity index (χ0n) is 15.1. The van der Waals surface area contributed by atoms with Gasteiger partial charge in [0.2, 0.25) is 5.88 Å². The molecule has 1 saturated heterocycles. The summed E-state index contributed by atoms with van der Waals surface area (Å²) in [6, 6.07) is 4.45. The van der Waals surface area contributed by atoms with Crippen molar-refractivity contribution in [2.24, 2.45) is 5.92 Å². The third-order valence-corrected chi connectivity index (χ3v) is 4.74. The van der Waals surface area contributed by atoms with Gasteiger partial charge in [-0.2, -0.15) is 0 Å². The summed E-state index contributed by atoms with van der Waals surface area (Å²) in [6.07, 6.45) is 5.65. The van der Waals surface area contributed by atoms with Crippen LogP contribution in [-0.2, 0) is 0 Å². The molecule has 1 N–H and O–H groups in total.